The second-order valence-electron chi connectivity index (χ2n) is 11.0. The van der Waals surface area contributed by atoms with Gasteiger partial charge in [0.1, 0.15) is 17.6 Å². The summed E-state index contributed by atoms with van der Waals surface area (Å²) in [5, 5.41) is 16.2. The molecule has 0 bridgehead atoms. The van der Waals surface area contributed by atoms with Crippen LogP contribution in [0.15, 0.2) is 59.5 Å². The number of benzene rings is 3. The molecular formula is C31H35Cl3N4O7S. The fourth-order valence-corrected chi connectivity index (χ4v) is 7.04. The maximum Gasteiger partial charge on any atom is 0.323 e. The van der Waals surface area contributed by atoms with Crippen LogP contribution in [-0.2, 0) is 21.2 Å². The van der Waals surface area contributed by atoms with Crippen LogP contribution in [0, 0.1) is 5.92 Å². The zero-order valence-electron chi connectivity index (χ0n) is 25.6. The summed E-state index contributed by atoms with van der Waals surface area (Å²) in [5.74, 6) is 0.0858. The van der Waals surface area contributed by atoms with E-state index in [0.29, 0.717) is 38.5 Å². The number of fused-ring (bicyclic) bond motifs is 1. The number of aliphatic hydroxyl groups is 1. The van der Waals surface area contributed by atoms with Gasteiger partial charge in [-0.25, -0.2) is 13.2 Å². The second kappa shape index (κ2) is 15.1. The van der Waals surface area contributed by atoms with Crippen LogP contribution in [-0.4, -0.2) is 80.7 Å². The van der Waals surface area contributed by atoms with Crippen molar-refractivity contribution in [2.75, 3.05) is 44.5 Å². The van der Waals surface area contributed by atoms with Crippen molar-refractivity contribution in [3.05, 3.63) is 75.2 Å². The fraction of sp³-hybridized carbons (Fsp3) is 0.355. The minimum absolute atomic E-state index is 0.0170. The van der Waals surface area contributed by atoms with Crippen LogP contribution in [0.5, 0.6) is 11.5 Å². The number of nitrogens with zero attached hydrogens (tertiary/aromatic N) is 2. The molecule has 0 spiro atoms. The SMILES string of the molecule is COc1ccc(S(=O)(=O)N(C)C[C@@H]2Oc3ccc(NC(=O)Nc4cc(Cl)cc(Cl)c4)cc3CC(=O)N([C@@H](C)CO)C[C@@H]2C)cc1Cl. The van der Waals surface area contributed by atoms with Crippen LogP contribution in [0.4, 0.5) is 16.2 Å². The fourth-order valence-electron chi connectivity index (χ4n) is 4.98. The van der Waals surface area contributed by atoms with E-state index in [4.69, 9.17) is 44.3 Å². The van der Waals surface area contributed by atoms with Crippen molar-refractivity contribution >= 4 is 68.1 Å². The number of ether oxygens (including phenoxy) is 2. The number of rotatable bonds is 9. The quantitative estimate of drug-likeness (QED) is 0.256. The standard InChI is InChI=1S/C31H35Cl3N4O7S/c1-18-15-38(19(2)17-39)30(40)10-20-9-23(35-31(41)36-24-12-21(32)11-22(33)13-24)5-7-27(20)45-29(18)16-37(3)46(42,43)25-6-8-28(44-4)26(34)14-25/h5-9,11-14,18-19,29,39H,10,15-17H2,1-4H3,(H2,35,36,41)/t18-,19-,29-/m0/s1. The van der Waals surface area contributed by atoms with E-state index in [2.05, 4.69) is 10.6 Å². The summed E-state index contributed by atoms with van der Waals surface area (Å²) in [6.45, 7) is 3.46. The minimum Gasteiger partial charge on any atom is -0.495 e. The predicted molar refractivity (Wildman–Crippen MR) is 179 cm³/mol. The highest BCUT2D eigenvalue weighted by atomic mass is 35.5. The monoisotopic (exact) mass is 712 g/mol. The van der Waals surface area contributed by atoms with Gasteiger partial charge in [-0.15, -0.1) is 0 Å². The molecule has 3 atom stereocenters. The van der Waals surface area contributed by atoms with Crippen LogP contribution in [0.25, 0.3) is 0 Å². The number of sulfonamides is 1. The Balaban J connectivity index is 1.62. The van der Waals surface area contributed by atoms with Gasteiger partial charge in [0, 0.05) is 46.5 Å². The van der Waals surface area contributed by atoms with Crippen LogP contribution < -0.4 is 20.1 Å². The van der Waals surface area contributed by atoms with E-state index in [1.165, 1.54) is 42.7 Å². The molecule has 1 aliphatic heterocycles. The summed E-state index contributed by atoms with van der Waals surface area (Å²) in [5.41, 5.74) is 1.23. The summed E-state index contributed by atoms with van der Waals surface area (Å²) in [7, 11) is -1.12. The summed E-state index contributed by atoms with van der Waals surface area (Å²) in [6, 6.07) is 12.6. The number of nitrogens with one attached hydrogen (secondary N) is 2. The number of carbonyl (C=O) groups excluding carboxylic acids is 2. The van der Waals surface area contributed by atoms with E-state index in [1.54, 1.807) is 42.2 Å². The first-order valence-corrected chi connectivity index (χ1v) is 16.8. The first-order valence-electron chi connectivity index (χ1n) is 14.3. The van der Waals surface area contributed by atoms with Gasteiger partial charge >= 0.3 is 6.03 Å². The molecule has 46 heavy (non-hydrogen) atoms. The average Bonchev–Trinajstić information content (AvgIpc) is 3.03. The molecule has 4 rings (SSSR count). The molecule has 0 saturated heterocycles. The minimum atomic E-state index is -3.99. The number of aliphatic hydroxyl groups excluding tert-OH is 1. The molecule has 0 fully saturated rings. The molecule has 1 aliphatic rings. The highest BCUT2D eigenvalue weighted by molar-refractivity contribution is 7.89. The highest BCUT2D eigenvalue weighted by Crippen LogP contribution is 2.32. The van der Waals surface area contributed by atoms with Crippen molar-refractivity contribution in [1.29, 1.82) is 0 Å². The molecule has 1 heterocycles. The zero-order chi connectivity index (χ0) is 33.8. The van der Waals surface area contributed by atoms with Crippen molar-refractivity contribution in [3.63, 3.8) is 0 Å². The van der Waals surface area contributed by atoms with Gasteiger partial charge in [0.2, 0.25) is 15.9 Å². The lowest BCUT2D eigenvalue weighted by atomic mass is 10.0. The molecular weight excluding hydrogens is 679 g/mol. The van der Waals surface area contributed by atoms with Gasteiger partial charge in [0.05, 0.1) is 42.6 Å². The first-order chi connectivity index (χ1) is 21.7. The van der Waals surface area contributed by atoms with E-state index < -0.39 is 28.2 Å². The lowest BCUT2D eigenvalue weighted by Gasteiger charge is -2.34. The number of likely N-dealkylation sites (N-methyl/N-ethyl adjacent to an activating group) is 1. The zero-order valence-corrected chi connectivity index (χ0v) is 28.7. The van der Waals surface area contributed by atoms with Crippen molar-refractivity contribution < 1.29 is 32.6 Å². The number of urea groups is 1. The van der Waals surface area contributed by atoms with Gasteiger partial charge in [0.25, 0.3) is 0 Å². The molecule has 0 aliphatic carbocycles. The Bertz CT molecular complexity index is 1690. The molecule has 248 valence electrons. The third-order valence-corrected chi connectivity index (χ3v) is 10.1. The van der Waals surface area contributed by atoms with Gasteiger partial charge in [-0.05, 0) is 61.5 Å². The Labute approximate surface area is 283 Å². The third-order valence-electron chi connectivity index (χ3n) is 7.56. The number of anilines is 2. The van der Waals surface area contributed by atoms with Crippen LogP contribution in [0.3, 0.4) is 0 Å². The maximum atomic E-state index is 13.5. The summed E-state index contributed by atoms with van der Waals surface area (Å²) >= 11 is 18.3. The molecule has 3 N–H and O–H groups in total. The van der Waals surface area contributed by atoms with Crippen molar-refractivity contribution in [2.24, 2.45) is 5.92 Å². The molecule has 0 aromatic heterocycles. The molecule has 3 amide bonds. The van der Waals surface area contributed by atoms with Crippen LogP contribution >= 0.6 is 34.8 Å². The number of hydrogen-bond acceptors (Lipinski definition) is 7. The summed E-state index contributed by atoms with van der Waals surface area (Å²) in [6.07, 6.45) is -0.792. The first kappa shape index (κ1) is 35.6. The lowest BCUT2D eigenvalue weighted by Crippen LogP contribution is -2.48. The largest absolute Gasteiger partial charge is 0.495 e. The molecule has 11 nitrogen and oxygen atoms in total. The number of halogens is 3. The Morgan fingerprint density at radius 2 is 1.76 bits per heavy atom. The van der Waals surface area contributed by atoms with E-state index in [0.717, 1.165) is 0 Å². The highest BCUT2D eigenvalue weighted by Gasteiger charge is 2.33. The van der Waals surface area contributed by atoms with Gasteiger partial charge in [-0.3, -0.25) is 4.79 Å². The van der Waals surface area contributed by atoms with Crippen molar-refractivity contribution in [3.8, 4) is 11.5 Å². The van der Waals surface area contributed by atoms with E-state index in [-0.39, 0.29) is 47.9 Å². The van der Waals surface area contributed by atoms with E-state index >= 15 is 0 Å². The number of carbonyl (C=O) groups is 2. The van der Waals surface area contributed by atoms with Gasteiger partial charge < -0.3 is 30.1 Å². The Morgan fingerprint density at radius 3 is 2.39 bits per heavy atom. The topological polar surface area (TPSA) is 138 Å². The van der Waals surface area contributed by atoms with Gasteiger partial charge in [-0.1, -0.05) is 41.7 Å². The number of hydrogen-bond donors (Lipinski definition) is 3. The lowest BCUT2D eigenvalue weighted by molar-refractivity contribution is -0.134. The van der Waals surface area contributed by atoms with Crippen molar-refractivity contribution in [1.82, 2.24) is 9.21 Å². The summed E-state index contributed by atoms with van der Waals surface area (Å²) in [4.78, 5) is 27.8. The molecule has 0 saturated carbocycles. The van der Waals surface area contributed by atoms with Crippen LogP contribution in [0.1, 0.15) is 19.4 Å². The normalized spacial score (nSPS) is 17.7. The Hall–Kier alpha value is -3.26. The molecule has 15 heteroatoms. The Morgan fingerprint density at radius 1 is 1.09 bits per heavy atom. The molecule has 3 aromatic carbocycles. The van der Waals surface area contributed by atoms with Gasteiger partial charge in [0.15, 0.2) is 0 Å². The summed E-state index contributed by atoms with van der Waals surface area (Å²) < 4.78 is 39.8. The molecule has 0 radical (unpaired) electrons. The smallest absolute Gasteiger partial charge is 0.323 e. The number of amides is 3. The van der Waals surface area contributed by atoms with Crippen LogP contribution in [0.2, 0.25) is 15.1 Å². The van der Waals surface area contributed by atoms with E-state index in [9.17, 15) is 23.1 Å². The van der Waals surface area contributed by atoms with Gasteiger partial charge in [-0.2, -0.15) is 4.31 Å². The van der Waals surface area contributed by atoms with Crippen molar-refractivity contribution in [2.45, 2.75) is 37.3 Å². The maximum absolute atomic E-state index is 13.5. The van der Waals surface area contributed by atoms with E-state index in [1.807, 2.05) is 6.92 Å². The average molecular weight is 714 g/mol. The third kappa shape index (κ3) is 8.55. The molecule has 0 unspecified atom stereocenters. The number of methoxy groups -OCH3 is 1. The molecule has 3 aromatic rings. The second-order valence-corrected chi connectivity index (χ2v) is 14.4. The Kier molecular flexibility index (Phi) is 11.7. The predicted octanol–water partition coefficient (Wildman–Crippen LogP) is 5.77.